The maximum absolute atomic E-state index is 12.9. The fourth-order valence-corrected chi connectivity index (χ4v) is 3.07. The molecule has 1 fully saturated rings. The van der Waals surface area contributed by atoms with Crippen LogP contribution in [0.1, 0.15) is 18.4 Å². The van der Waals surface area contributed by atoms with E-state index in [0.29, 0.717) is 12.8 Å². The summed E-state index contributed by atoms with van der Waals surface area (Å²) in [5, 5.41) is 16.6. The van der Waals surface area contributed by atoms with Gasteiger partial charge in [0, 0.05) is 18.3 Å². The van der Waals surface area contributed by atoms with Gasteiger partial charge in [-0.1, -0.05) is 0 Å². The molecule has 118 valence electrons. The molecule has 1 aromatic carbocycles. The third kappa shape index (κ3) is 3.66. The number of aliphatic hydroxyl groups is 1. The molecule has 0 unspecified atom stereocenters. The molecule has 0 saturated heterocycles. The van der Waals surface area contributed by atoms with Crippen LogP contribution in [0.25, 0.3) is 0 Å². The molecule has 1 aliphatic carbocycles. The normalized spacial score (nSPS) is 22.7. The summed E-state index contributed by atoms with van der Waals surface area (Å²) in [5.41, 5.74) is -1.11. The van der Waals surface area contributed by atoms with Gasteiger partial charge in [0.2, 0.25) is 10.0 Å². The number of alkyl halides is 3. The first-order valence-corrected chi connectivity index (χ1v) is 7.77. The zero-order valence-corrected chi connectivity index (χ0v) is 11.7. The van der Waals surface area contributed by atoms with Crippen LogP contribution in [0.5, 0.6) is 0 Å². The molecular formula is C12H15F3N2O3S. The van der Waals surface area contributed by atoms with Crippen molar-refractivity contribution < 1.29 is 26.7 Å². The summed E-state index contributed by atoms with van der Waals surface area (Å²) < 4.78 is 61.2. The van der Waals surface area contributed by atoms with Crippen LogP contribution in [-0.2, 0) is 16.2 Å². The molecule has 9 heteroatoms. The Morgan fingerprint density at radius 1 is 1.33 bits per heavy atom. The van der Waals surface area contributed by atoms with Gasteiger partial charge in [-0.15, -0.1) is 0 Å². The van der Waals surface area contributed by atoms with Crippen molar-refractivity contribution in [1.82, 2.24) is 0 Å². The standard InChI is InChI=1S/C12H15F3N2O3S/c13-12(14,15)10-5-8(1-2-11(10)21(16,19)20)17-9-3-7(4-9)6-18/h1-2,5,7,9,17-18H,3-4,6H2,(H2,16,19,20). The van der Waals surface area contributed by atoms with E-state index < -0.39 is 26.7 Å². The molecule has 1 aromatic rings. The second kappa shape index (κ2) is 5.47. The summed E-state index contributed by atoms with van der Waals surface area (Å²) in [4.78, 5) is -0.942. The van der Waals surface area contributed by atoms with E-state index in [9.17, 15) is 21.6 Å². The molecule has 0 spiro atoms. The largest absolute Gasteiger partial charge is 0.417 e. The fourth-order valence-electron chi connectivity index (χ4n) is 2.33. The minimum absolute atomic E-state index is 0.0245. The van der Waals surface area contributed by atoms with E-state index in [1.807, 2.05) is 0 Å². The Bertz CT molecular complexity index is 625. The van der Waals surface area contributed by atoms with Gasteiger partial charge in [0.1, 0.15) is 0 Å². The highest BCUT2D eigenvalue weighted by Gasteiger charge is 2.37. The summed E-state index contributed by atoms with van der Waals surface area (Å²) in [5.74, 6) is 0.160. The Balaban J connectivity index is 2.26. The number of benzene rings is 1. The first kappa shape index (κ1) is 16.1. The van der Waals surface area contributed by atoms with Gasteiger partial charge in [0.05, 0.1) is 10.5 Å². The Hall–Kier alpha value is -1.32. The topological polar surface area (TPSA) is 92.4 Å². The highest BCUT2D eigenvalue weighted by molar-refractivity contribution is 7.89. The van der Waals surface area contributed by atoms with E-state index in [0.717, 1.165) is 12.1 Å². The molecule has 2 rings (SSSR count). The van der Waals surface area contributed by atoms with Crippen molar-refractivity contribution in [3.05, 3.63) is 23.8 Å². The average molecular weight is 324 g/mol. The number of nitrogens with two attached hydrogens (primary N) is 1. The van der Waals surface area contributed by atoms with Crippen LogP contribution in [0.3, 0.4) is 0 Å². The summed E-state index contributed by atoms with van der Waals surface area (Å²) >= 11 is 0. The fraction of sp³-hybridized carbons (Fsp3) is 0.500. The van der Waals surface area contributed by atoms with Gasteiger partial charge < -0.3 is 10.4 Å². The van der Waals surface area contributed by atoms with Crippen molar-refractivity contribution in [1.29, 1.82) is 0 Å². The predicted octanol–water partition coefficient (Wildman–Crippen LogP) is 1.54. The summed E-state index contributed by atoms with van der Waals surface area (Å²) in [7, 11) is -4.45. The predicted molar refractivity (Wildman–Crippen MR) is 70.0 cm³/mol. The maximum Gasteiger partial charge on any atom is 0.417 e. The van der Waals surface area contributed by atoms with Crippen LogP contribution in [-0.4, -0.2) is 26.2 Å². The monoisotopic (exact) mass is 324 g/mol. The smallest absolute Gasteiger partial charge is 0.396 e. The molecular weight excluding hydrogens is 309 g/mol. The van der Waals surface area contributed by atoms with E-state index in [1.54, 1.807) is 0 Å². The number of aliphatic hydroxyl groups excluding tert-OH is 1. The zero-order chi connectivity index (χ0) is 15.8. The van der Waals surface area contributed by atoms with Crippen molar-refractivity contribution >= 4 is 15.7 Å². The summed E-state index contributed by atoms with van der Waals surface area (Å²) in [6.45, 7) is 0.0519. The van der Waals surface area contributed by atoms with Crippen LogP contribution < -0.4 is 10.5 Å². The molecule has 1 aliphatic rings. The quantitative estimate of drug-likeness (QED) is 0.783. The van der Waals surface area contributed by atoms with Crippen molar-refractivity contribution in [3.8, 4) is 0 Å². The van der Waals surface area contributed by atoms with E-state index >= 15 is 0 Å². The van der Waals surface area contributed by atoms with Gasteiger partial charge in [-0.3, -0.25) is 0 Å². The van der Waals surface area contributed by atoms with E-state index in [4.69, 9.17) is 10.2 Å². The van der Waals surface area contributed by atoms with Crippen LogP contribution >= 0.6 is 0 Å². The van der Waals surface area contributed by atoms with Gasteiger partial charge in [-0.2, -0.15) is 13.2 Å². The third-order valence-corrected chi connectivity index (χ3v) is 4.43. The number of rotatable bonds is 4. The molecule has 0 radical (unpaired) electrons. The van der Waals surface area contributed by atoms with Gasteiger partial charge in [-0.25, -0.2) is 13.6 Å². The molecule has 1 saturated carbocycles. The molecule has 0 heterocycles. The summed E-state index contributed by atoms with van der Waals surface area (Å²) in [6.07, 6.45) is -3.49. The Morgan fingerprint density at radius 3 is 2.43 bits per heavy atom. The van der Waals surface area contributed by atoms with E-state index in [2.05, 4.69) is 5.32 Å². The number of halogens is 3. The van der Waals surface area contributed by atoms with Gasteiger partial charge in [0.25, 0.3) is 0 Å². The molecule has 0 amide bonds. The van der Waals surface area contributed by atoms with E-state index in [-0.39, 0.29) is 24.3 Å². The maximum atomic E-state index is 12.9. The van der Waals surface area contributed by atoms with Crippen LogP contribution in [0.4, 0.5) is 18.9 Å². The van der Waals surface area contributed by atoms with Gasteiger partial charge in [0.15, 0.2) is 0 Å². The molecule has 0 bridgehead atoms. The molecule has 4 N–H and O–H groups in total. The molecule has 0 aliphatic heterocycles. The Labute approximate surface area is 120 Å². The van der Waals surface area contributed by atoms with Crippen LogP contribution in [0, 0.1) is 5.92 Å². The second-order valence-electron chi connectivity index (χ2n) is 5.11. The average Bonchev–Trinajstić information content (AvgIpc) is 2.30. The highest BCUT2D eigenvalue weighted by atomic mass is 32.2. The zero-order valence-electron chi connectivity index (χ0n) is 10.9. The number of nitrogens with one attached hydrogen (secondary N) is 1. The minimum Gasteiger partial charge on any atom is -0.396 e. The van der Waals surface area contributed by atoms with Crippen molar-refractivity contribution in [3.63, 3.8) is 0 Å². The molecule has 21 heavy (non-hydrogen) atoms. The number of primary sulfonamides is 1. The number of anilines is 1. The first-order chi connectivity index (χ1) is 9.61. The van der Waals surface area contributed by atoms with E-state index in [1.165, 1.54) is 6.07 Å². The molecule has 0 atom stereocenters. The Kier molecular flexibility index (Phi) is 4.18. The summed E-state index contributed by atoms with van der Waals surface area (Å²) in [6, 6.07) is 2.82. The third-order valence-electron chi connectivity index (χ3n) is 3.46. The lowest BCUT2D eigenvalue weighted by Crippen LogP contribution is -2.37. The van der Waals surface area contributed by atoms with Gasteiger partial charge >= 0.3 is 6.18 Å². The number of hydrogen-bond acceptors (Lipinski definition) is 4. The lowest BCUT2D eigenvalue weighted by molar-refractivity contribution is -0.139. The van der Waals surface area contributed by atoms with Crippen LogP contribution in [0.15, 0.2) is 23.1 Å². The van der Waals surface area contributed by atoms with Crippen molar-refractivity contribution in [2.75, 3.05) is 11.9 Å². The minimum atomic E-state index is -4.81. The Morgan fingerprint density at radius 2 is 1.95 bits per heavy atom. The highest BCUT2D eigenvalue weighted by Crippen LogP contribution is 2.37. The molecule has 5 nitrogen and oxygen atoms in total. The molecule has 0 aromatic heterocycles. The lowest BCUT2D eigenvalue weighted by atomic mass is 9.81. The second-order valence-corrected chi connectivity index (χ2v) is 6.64. The lowest BCUT2D eigenvalue weighted by Gasteiger charge is -2.35. The van der Waals surface area contributed by atoms with Gasteiger partial charge in [-0.05, 0) is 37.0 Å². The van der Waals surface area contributed by atoms with Crippen molar-refractivity contribution in [2.45, 2.75) is 30.0 Å². The number of hydrogen-bond donors (Lipinski definition) is 3. The number of sulfonamides is 1. The SMILES string of the molecule is NS(=O)(=O)c1ccc(NC2CC(CO)C2)cc1C(F)(F)F. The van der Waals surface area contributed by atoms with Crippen molar-refractivity contribution in [2.24, 2.45) is 11.1 Å². The first-order valence-electron chi connectivity index (χ1n) is 6.22. The van der Waals surface area contributed by atoms with Crippen LogP contribution in [0.2, 0.25) is 0 Å².